The number of nitrogens with zero attached hydrogens (tertiary/aromatic N) is 5. The first-order valence-corrected chi connectivity index (χ1v) is 8.74. The molecular weight excluding hydrogens is 388 g/mol. The number of hydrogen-bond donors (Lipinski definition) is 1. The molecule has 4 aromatic rings. The second-order valence-electron chi connectivity index (χ2n) is 6.08. The molecule has 0 fully saturated rings. The fourth-order valence-corrected chi connectivity index (χ4v) is 2.56. The molecule has 0 saturated heterocycles. The summed E-state index contributed by atoms with van der Waals surface area (Å²) in [6.45, 7) is 0. The summed E-state index contributed by atoms with van der Waals surface area (Å²) in [6, 6.07) is 15.5. The van der Waals surface area contributed by atoms with E-state index in [1.807, 2.05) is 0 Å². The van der Waals surface area contributed by atoms with Crippen LogP contribution in [-0.4, -0.2) is 30.6 Å². The third-order valence-electron chi connectivity index (χ3n) is 4.07. The van der Waals surface area contributed by atoms with Gasteiger partial charge in [-0.2, -0.15) is 0 Å². The SMILES string of the molecule is O=C(Nc1ccc(Oc2ccc(-n3ccnc3)nn2)cc1)c1ccc([N+](=O)[O-])cc1. The Balaban J connectivity index is 1.38. The summed E-state index contributed by atoms with van der Waals surface area (Å²) in [7, 11) is 0. The lowest BCUT2D eigenvalue weighted by molar-refractivity contribution is -0.384. The maximum Gasteiger partial charge on any atom is 0.269 e. The van der Waals surface area contributed by atoms with Gasteiger partial charge in [0, 0.05) is 41.8 Å². The van der Waals surface area contributed by atoms with Gasteiger partial charge < -0.3 is 10.1 Å². The maximum absolute atomic E-state index is 12.3. The molecule has 4 rings (SSSR count). The van der Waals surface area contributed by atoms with Crippen molar-refractivity contribution in [3.05, 3.63) is 95.1 Å². The van der Waals surface area contributed by atoms with Crippen LogP contribution in [0.2, 0.25) is 0 Å². The Hall–Kier alpha value is -4.60. The van der Waals surface area contributed by atoms with Crippen LogP contribution in [0, 0.1) is 10.1 Å². The van der Waals surface area contributed by atoms with Crippen molar-refractivity contribution in [1.29, 1.82) is 0 Å². The van der Waals surface area contributed by atoms with E-state index >= 15 is 0 Å². The van der Waals surface area contributed by atoms with E-state index in [1.54, 1.807) is 59.7 Å². The molecule has 1 N–H and O–H groups in total. The maximum atomic E-state index is 12.3. The third kappa shape index (κ3) is 4.28. The molecule has 1 amide bonds. The van der Waals surface area contributed by atoms with Gasteiger partial charge in [0.25, 0.3) is 11.6 Å². The summed E-state index contributed by atoms with van der Waals surface area (Å²) < 4.78 is 7.38. The highest BCUT2D eigenvalue weighted by atomic mass is 16.6. The number of anilines is 1. The number of hydrogen-bond acceptors (Lipinski definition) is 7. The summed E-state index contributed by atoms with van der Waals surface area (Å²) in [5, 5.41) is 21.5. The van der Waals surface area contributed by atoms with Gasteiger partial charge in [0.1, 0.15) is 12.1 Å². The molecule has 2 aromatic carbocycles. The van der Waals surface area contributed by atoms with Gasteiger partial charge in [-0.25, -0.2) is 4.98 Å². The number of non-ortho nitro benzene ring substituents is 1. The highest BCUT2D eigenvalue weighted by Gasteiger charge is 2.10. The minimum atomic E-state index is -0.518. The van der Waals surface area contributed by atoms with Crippen LogP contribution in [0.3, 0.4) is 0 Å². The average Bonchev–Trinajstić information content (AvgIpc) is 3.31. The normalized spacial score (nSPS) is 10.4. The molecule has 0 unspecified atom stereocenters. The largest absolute Gasteiger partial charge is 0.438 e. The van der Waals surface area contributed by atoms with Crippen LogP contribution in [0.15, 0.2) is 79.4 Å². The predicted octanol–water partition coefficient (Wildman–Crippen LogP) is 3.62. The number of benzene rings is 2. The van der Waals surface area contributed by atoms with E-state index in [0.717, 1.165) is 0 Å². The highest BCUT2D eigenvalue weighted by molar-refractivity contribution is 6.04. The predicted molar refractivity (Wildman–Crippen MR) is 107 cm³/mol. The second-order valence-corrected chi connectivity index (χ2v) is 6.08. The zero-order valence-electron chi connectivity index (χ0n) is 15.4. The zero-order chi connectivity index (χ0) is 20.9. The van der Waals surface area contributed by atoms with Gasteiger partial charge in [0.2, 0.25) is 5.88 Å². The summed E-state index contributed by atoms with van der Waals surface area (Å²) in [5.41, 5.74) is 0.788. The van der Waals surface area contributed by atoms with Gasteiger partial charge in [-0.05, 0) is 42.5 Å². The van der Waals surface area contributed by atoms with E-state index in [1.165, 1.54) is 24.3 Å². The molecule has 0 atom stereocenters. The quantitative estimate of drug-likeness (QED) is 0.386. The smallest absolute Gasteiger partial charge is 0.269 e. The number of aromatic nitrogens is 4. The van der Waals surface area contributed by atoms with Gasteiger partial charge in [0.05, 0.1) is 4.92 Å². The number of ether oxygens (including phenoxy) is 1. The Morgan fingerprint density at radius 1 is 1.00 bits per heavy atom. The topological polar surface area (TPSA) is 125 Å². The number of imidazole rings is 1. The molecular formula is C20H14N6O4. The molecule has 2 heterocycles. The van der Waals surface area contributed by atoms with Crippen LogP contribution in [0.1, 0.15) is 10.4 Å². The van der Waals surface area contributed by atoms with Crippen LogP contribution in [0.5, 0.6) is 11.6 Å². The van der Waals surface area contributed by atoms with Gasteiger partial charge in [0.15, 0.2) is 5.82 Å². The molecule has 0 bridgehead atoms. The molecule has 0 radical (unpaired) electrons. The third-order valence-corrected chi connectivity index (χ3v) is 4.07. The summed E-state index contributed by atoms with van der Waals surface area (Å²) in [4.78, 5) is 26.4. The van der Waals surface area contributed by atoms with Crippen molar-refractivity contribution in [3.63, 3.8) is 0 Å². The van der Waals surface area contributed by atoms with Gasteiger partial charge >= 0.3 is 0 Å². The minimum absolute atomic E-state index is 0.0748. The molecule has 0 aliphatic carbocycles. The number of rotatable bonds is 6. The van der Waals surface area contributed by atoms with Crippen molar-refractivity contribution in [1.82, 2.24) is 19.7 Å². The van der Waals surface area contributed by atoms with Crippen molar-refractivity contribution in [2.24, 2.45) is 0 Å². The molecule has 10 heteroatoms. The molecule has 148 valence electrons. The van der Waals surface area contributed by atoms with E-state index in [4.69, 9.17) is 4.74 Å². The molecule has 10 nitrogen and oxygen atoms in total. The van der Waals surface area contributed by atoms with Gasteiger partial charge in [-0.3, -0.25) is 19.5 Å². The van der Waals surface area contributed by atoms with Crippen LogP contribution < -0.4 is 10.1 Å². The van der Waals surface area contributed by atoms with E-state index in [0.29, 0.717) is 28.7 Å². The Labute approximate surface area is 169 Å². The lowest BCUT2D eigenvalue weighted by Crippen LogP contribution is -2.11. The Kier molecular flexibility index (Phi) is 5.12. The van der Waals surface area contributed by atoms with E-state index in [2.05, 4.69) is 20.5 Å². The molecule has 0 aliphatic rings. The standard InChI is InChI=1S/C20H14N6O4/c27-20(14-1-5-16(6-2-14)26(28)29)22-15-3-7-17(8-4-15)30-19-10-9-18(23-24-19)25-12-11-21-13-25/h1-13H,(H,22,27). The van der Waals surface area contributed by atoms with Crippen molar-refractivity contribution >= 4 is 17.3 Å². The fourth-order valence-electron chi connectivity index (χ4n) is 2.56. The monoisotopic (exact) mass is 402 g/mol. The Morgan fingerprint density at radius 3 is 2.37 bits per heavy atom. The van der Waals surface area contributed by atoms with E-state index in [-0.39, 0.29) is 11.6 Å². The molecule has 2 aromatic heterocycles. The lowest BCUT2D eigenvalue weighted by Gasteiger charge is -2.08. The van der Waals surface area contributed by atoms with Crippen LogP contribution in [0.25, 0.3) is 5.82 Å². The summed E-state index contributed by atoms with van der Waals surface area (Å²) in [6.07, 6.45) is 5.02. The summed E-state index contributed by atoms with van der Waals surface area (Å²) in [5.74, 6) is 1.08. The van der Waals surface area contributed by atoms with Gasteiger partial charge in [-0.15, -0.1) is 10.2 Å². The highest BCUT2D eigenvalue weighted by Crippen LogP contribution is 2.22. The first kappa shape index (κ1) is 18.7. The minimum Gasteiger partial charge on any atom is -0.438 e. The van der Waals surface area contributed by atoms with Crippen molar-refractivity contribution in [3.8, 4) is 17.4 Å². The van der Waals surface area contributed by atoms with E-state index in [9.17, 15) is 14.9 Å². The molecule has 30 heavy (non-hydrogen) atoms. The summed E-state index contributed by atoms with van der Waals surface area (Å²) >= 11 is 0. The van der Waals surface area contributed by atoms with Crippen LogP contribution in [-0.2, 0) is 0 Å². The fraction of sp³-hybridized carbons (Fsp3) is 0. The first-order chi connectivity index (χ1) is 14.6. The lowest BCUT2D eigenvalue weighted by atomic mass is 10.2. The van der Waals surface area contributed by atoms with Crippen LogP contribution in [0.4, 0.5) is 11.4 Å². The number of nitro groups is 1. The Morgan fingerprint density at radius 2 is 1.77 bits per heavy atom. The average molecular weight is 402 g/mol. The van der Waals surface area contributed by atoms with Crippen molar-refractivity contribution < 1.29 is 14.5 Å². The number of amides is 1. The molecule has 0 saturated carbocycles. The first-order valence-electron chi connectivity index (χ1n) is 8.74. The molecule has 0 spiro atoms. The number of carbonyl (C=O) groups is 1. The zero-order valence-corrected chi connectivity index (χ0v) is 15.4. The Bertz CT molecular complexity index is 1160. The number of nitrogens with one attached hydrogen (secondary N) is 1. The van der Waals surface area contributed by atoms with Gasteiger partial charge in [-0.1, -0.05) is 0 Å². The molecule has 0 aliphatic heterocycles. The van der Waals surface area contributed by atoms with Crippen molar-refractivity contribution in [2.75, 3.05) is 5.32 Å². The second kappa shape index (κ2) is 8.19. The van der Waals surface area contributed by atoms with Crippen LogP contribution >= 0.6 is 0 Å². The van der Waals surface area contributed by atoms with E-state index < -0.39 is 4.92 Å². The number of carbonyl (C=O) groups excluding carboxylic acids is 1. The number of nitro benzene ring substituents is 1. The van der Waals surface area contributed by atoms with Crippen molar-refractivity contribution in [2.45, 2.75) is 0 Å².